The number of hydrogen-bond acceptors (Lipinski definition) is 3. The third-order valence-corrected chi connectivity index (χ3v) is 4.83. The van der Waals surface area contributed by atoms with Crippen LogP contribution in [0.4, 0.5) is 4.79 Å². The second kappa shape index (κ2) is 6.00. The van der Waals surface area contributed by atoms with Gasteiger partial charge in [-0.1, -0.05) is 31.2 Å². The Labute approximate surface area is 141 Å². The molecule has 0 aliphatic carbocycles. The third-order valence-electron chi connectivity index (χ3n) is 3.87. The van der Waals surface area contributed by atoms with Gasteiger partial charge in [-0.25, -0.2) is 4.79 Å². The highest BCUT2D eigenvalue weighted by molar-refractivity contribution is 7.17. The molecule has 0 spiro atoms. The van der Waals surface area contributed by atoms with Gasteiger partial charge in [0.2, 0.25) is 0 Å². The van der Waals surface area contributed by atoms with Crippen molar-refractivity contribution in [2.75, 3.05) is 6.54 Å². The Balaban J connectivity index is 1.99. The lowest BCUT2D eigenvalue weighted by Crippen LogP contribution is -2.39. The number of hydrogen-bond donors (Lipinski definition) is 0. The van der Waals surface area contributed by atoms with Crippen molar-refractivity contribution in [2.45, 2.75) is 39.7 Å². The van der Waals surface area contributed by atoms with Crippen molar-refractivity contribution in [3.05, 3.63) is 41.3 Å². The molecular formula is C19H23NO2S. The molecule has 1 aliphatic heterocycles. The summed E-state index contributed by atoms with van der Waals surface area (Å²) in [5, 5.41) is 3.34. The fraction of sp³-hybridized carbons (Fsp3) is 0.421. The van der Waals surface area contributed by atoms with Gasteiger partial charge in [-0.3, -0.25) is 4.90 Å². The van der Waals surface area contributed by atoms with E-state index < -0.39 is 5.60 Å². The molecule has 1 amide bonds. The topological polar surface area (TPSA) is 29.5 Å². The maximum absolute atomic E-state index is 12.7. The number of rotatable bonds is 1. The maximum atomic E-state index is 12.7. The first-order chi connectivity index (χ1) is 10.8. The molecule has 2 aromatic rings. The lowest BCUT2D eigenvalue weighted by Gasteiger charge is -2.33. The van der Waals surface area contributed by atoms with Crippen molar-refractivity contribution in [1.82, 2.24) is 4.90 Å². The summed E-state index contributed by atoms with van der Waals surface area (Å²) in [5.74, 6) is 0.441. The quantitative estimate of drug-likeness (QED) is 0.689. The lowest BCUT2D eigenvalue weighted by atomic mass is 9.98. The van der Waals surface area contributed by atoms with Gasteiger partial charge in [0.05, 0.1) is 5.70 Å². The predicted octanol–water partition coefficient (Wildman–Crippen LogP) is 5.52. The van der Waals surface area contributed by atoms with E-state index in [1.807, 2.05) is 32.9 Å². The molecule has 0 saturated heterocycles. The minimum Gasteiger partial charge on any atom is -0.443 e. The Morgan fingerprint density at radius 1 is 1.30 bits per heavy atom. The Morgan fingerprint density at radius 3 is 2.78 bits per heavy atom. The Morgan fingerprint density at radius 2 is 2.04 bits per heavy atom. The number of carbonyl (C=O) groups is 1. The van der Waals surface area contributed by atoms with Crippen LogP contribution < -0.4 is 0 Å². The third kappa shape index (κ3) is 3.42. The molecular weight excluding hydrogens is 306 g/mol. The number of benzene rings is 1. The van der Waals surface area contributed by atoms with E-state index in [2.05, 4.69) is 30.5 Å². The van der Waals surface area contributed by atoms with Crippen LogP contribution in [-0.2, 0) is 4.74 Å². The van der Waals surface area contributed by atoms with Crippen LogP contribution in [0.5, 0.6) is 0 Å². The van der Waals surface area contributed by atoms with Gasteiger partial charge >= 0.3 is 6.09 Å². The molecule has 1 atom stereocenters. The summed E-state index contributed by atoms with van der Waals surface area (Å²) in [5.41, 5.74) is 1.62. The summed E-state index contributed by atoms with van der Waals surface area (Å²) in [6.07, 6.45) is 2.90. The number of nitrogens with zero attached hydrogens (tertiary/aromatic N) is 1. The first-order valence-electron chi connectivity index (χ1n) is 8.02. The molecule has 4 heteroatoms. The van der Waals surface area contributed by atoms with Crippen LogP contribution in [0.1, 0.15) is 39.7 Å². The number of fused-ring (bicyclic) bond motifs is 1. The molecule has 2 heterocycles. The zero-order valence-electron chi connectivity index (χ0n) is 14.1. The Hall–Kier alpha value is -1.81. The van der Waals surface area contributed by atoms with Gasteiger partial charge in [0, 0.05) is 27.6 Å². The maximum Gasteiger partial charge on any atom is 0.414 e. The number of amides is 1. The molecule has 1 aliphatic rings. The van der Waals surface area contributed by atoms with Gasteiger partial charge in [0.1, 0.15) is 5.60 Å². The molecule has 3 rings (SSSR count). The molecule has 3 nitrogen and oxygen atoms in total. The van der Waals surface area contributed by atoms with E-state index in [1.165, 1.54) is 10.1 Å². The van der Waals surface area contributed by atoms with E-state index in [9.17, 15) is 4.79 Å². The average Bonchev–Trinajstić information content (AvgIpc) is 2.89. The number of allylic oxidation sites excluding steroid dienone is 1. The SMILES string of the molecule is CC1CC=C(c2csc3ccccc23)N(C(=O)OC(C)(C)C)C1. The first-order valence-corrected chi connectivity index (χ1v) is 8.90. The van der Waals surface area contributed by atoms with Crippen molar-refractivity contribution in [1.29, 1.82) is 0 Å². The van der Waals surface area contributed by atoms with Crippen molar-refractivity contribution in [3.8, 4) is 0 Å². The highest BCUT2D eigenvalue weighted by atomic mass is 32.1. The van der Waals surface area contributed by atoms with Gasteiger partial charge < -0.3 is 4.74 Å². The van der Waals surface area contributed by atoms with E-state index in [4.69, 9.17) is 4.74 Å². The van der Waals surface area contributed by atoms with Crippen LogP contribution in [0.2, 0.25) is 0 Å². The van der Waals surface area contributed by atoms with Gasteiger partial charge in [0.15, 0.2) is 0 Å². The van der Waals surface area contributed by atoms with Crippen molar-refractivity contribution >= 4 is 33.2 Å². The van der Waals surface area contributed by atoms with Gasteiger partial charge in [-0.2, -0.15) is 0 Å². The summed E-state index contributed by atoms with van der Waals surface area (Å²) < 4.78 is 6.86. The van der Waals surface area contributed by atoms with Crippen LogP contribution in [0, 0.1) is 5.92 Å². The summed E-state index contributed by atoms with van der Waals surface area (Å²) in [6.45, 7) is 8.58. The van der Waals surface area contributed by atoms with Gasteiger partial charge in [-0.05, 0) is 39.2 Å². The van der Waals surface area contributed by atoms with Crippen molar-refractivity contribution in [3.63, 3.8) is 0 Å². The number of thiophene rings is 1. The fourth-order valence-electron chi connectivity index (χ4n) is 2.83. The Kier molecular flexibility index (Phi) is 4.19. The molecule has 0 fully saturated rings. The zero-order chi connectivity index (χ0) is 16.6. The summed E-state index contributed by atoms with van der Waals surface area (Å²) in [6, 6.07) is 8.33. The van der Waals surface area contributed by atoms with Crippen LogP contribution in [-0.4, -0.2) is 23.1 Å². The number of ether oxygens (including phenoxy) is 1. The Bertz CT molecular complexity index is 754. The van der Waals surface area contributed by atoms with Crippen molar-refractivity contribution < 1.29 is 9.53 Å². The minimum atomic E-state index is -0.487. The van der Waals surface area contributed by atoms with Crippen LogP contribution in [0.15, 0.2) is 35.7 Å². The second-order valence-corrected chi connectivity index (χ2v) is 8.08. The average molecular weight is 329 g/mol. The largest absolute Gasteiger partial charge is 0.443 e. The molecule has 1 aromatic carbocycles. The minimum absolute atomic E-state index is 0.259. The zero-order valence-corrected chi connectivity index (χ0v) is 14.9. The van der Waals surface area contributed by atoms with E-state index >= 15 is 0 Å². The lowest BCUT2D eigenvalue weighted by molar-refractivity contribution is 0.0327. The molecule has 122 valence electrons. The van der Waals surface area contributed by atoms with E-state index in [1.54, 1.807) is 16.2 Å². The van der Waals surface area contributed by atoms with E-state index in [-0.39, 0.29) is 6.09 Å². The smallest absolute Gasteiger partial charge is 0.414 e. The standard InChI is InChI=1S/C19H23NO2S/c1-13-9-10-16(20(11-13)18(21)22-19(2,3)4)15-12-23-17-8-6-5-7-14(15)17/h5-8,10,12-13H,9,11H2,1-4H3. The molecule has 1 unspecified atom stereocenters. The van der Waals surface area contributed by atoms with Crippen LogP contribution in [0.25, 0.3) is 15.8 Å². The highest BCUT2D eigenvalue weighted by Gasteiger charge is 2.30. The summed E-state index contributed by atoms with van der Waals surface area (Å²) in [7, 11) is 0. The molecule has 0 radical (unpaired) electrons. The van der Waals surface area contributed by atoms with E-state index in [0.29, 0.717) is 12.5 Å². The second-order valence-electron chi connectivity index (χ2n) is 7.17. The number of carbonyl (C=O) groups excluding carboxylic acids is 1. The normalized spacial score (nSPS) is 18.9. The molecule has 0 bridgehead atoms. The van der Waals surface area contributed by atoms with Gasteiger partial charge in [0.25, 0.3) is 0 Å². The van der Waals surface area contributed by atoms with Crippen molar-refractivity contribution in [2.24, 2.45) is 5.92 Å². The monoisotopic (exact) mass is 329 g/mol. The fourth-order valence-corrected chi connectivity index (χ4v) is 3.78. The summed E-state index contributed by atoms with van der Waals surface area (Å²) in [4.78, 5) is 14.5. The van der Waals surface area contributed by atoms with Crippen LogP contribution in [0.3, 0.4) is 0 Å². The molecule has 23 heavy (non-hydrogen) atoms. The summed E-state index contributed by atoms with van der Waals surface area (Å²) >= 11 is 1.72. The van der Waals surface area contributed by atoms with Crippen LogP contribution >= 0.6 is 11.3 Å². The van der Waals surface area contributed by atoms with Gasteiger partial charge in [-0.15, -0.1) is 11.3 Å². The molecule has 1 aromatic heterocycles. The highest BCUT2D eigenvalue weighted by Crippen LogP contribution is 2.36. The molecule has 0 N–H and O–H groups in total. The van der Waals surface area contributed by atoms with E-state index in [0.717, 1.165) is 17.7 Å². The molecule has 0 saturated carbocycles. The first kappa shape index (κ1) is 16.1. The predicted molar refractivity (Wildman–Crippen MR) is 96.5 cm³/mol.